The van der Waals surface area contributed by atoms with Crippen molar-refractivity contribution in [1.29, 1.82) is 0 Å². The molecule has 0 unspecified atom stereocenters. The summed E-state index contributed by atoms with van der Waals surface area (Å²) in [4.78, 5) is 18.9. The highest BCUT2D eigenvalue weighted by molar-refractivity contribution is 7.12. The van der Waals surface area contributed by atoms with Crippen LogP contribution in [0.3, 0.4) is 0 Å². The zero-order valence-electron chi connectivity index (χ0n) is 18.0. The molecule has 32 heavy (non-hydrogen) atoms. The Hall–Kier alpha value is -3.42. The normalized spacial score (nSPS) is 11.6. The van der Waals surface area contributed by atoms with Crippen LogP contribution >= 0.6 is 11.3 Å². The molecule has 0 fully saturated rings. The number of benzene rings is 2. The van der Waals surface area contributed by atoms with Gasteiger partial charge in [0.25, 0.3) is 5.91 Å². The number of anilines is 1. The molecule has 0 aliphatic heterocycles. The van der Waals surface area contributed by atoms with Gasteiger partial charge in [-0.25, -0.2) is 0 Å². The van der Waals surface area contributed by atoms with Gasteiger partial charge in [-0.05, 0) is 67.7 Å². The van der Waals surface area contributed by atoms with Gasteiger partial charge in [-0.3, -0.25) is 4.79 Å². The van der Waals surface area contributed by atoms with Crippen LogP contribution in [0.15, 0.2) is 64.5 Å². The molecule has 0 aliphatic carbocycles. The fraction of sp³-hybridized carbons (Fsp3) is 0.200. The van der Waals surface area contributed by atoms with E-state index in [0.29, 0.717) is 4.88 Å². The van der Waals surface area contributed by atoms with E-state index in [9.17, 15) is 4.79 Å². The maximum absolute atomic E-state index is 12.4. The standard InChI is InChI=1S/C25H24N4O2S/c1-16-18(11-12-29(2)15-22-19-6-3-4-7-23(19)31-28-22)20-14-17(9-10-21(20)26-16)27-25(30)24-8-5-13-32-24/h3-10,13-14,26H,11-12,15H2,1-2H3,(H,27,30). The largest absolute Gasteiger partial charge is 0.358 e. The minimum atomic E-state index is -0.0762. The van der Waals surface area contributed by atoms with Crippen LogP contribution in [-0.4, -0.2) is 34.5 Å². The molecule has 3 heterocycles. The summed E-state index contributed by atoms with van der Waals surface area (Å²) in [7, 11) is 2.10. The number of para-hydroxylation sites is 1. The average molecular weight is 445 g/mol. The maximum atomic E-state index is 12.4. The van der Waals surface area contributed by atoms with Crippen LogP contribution in [0.5, 0.6) is 0 Å². The quantitative estimate of drug-likeness (QED) is 0.342. The van der Waals surface area contributed by atoms with E-state index in [-0.39, 0.29) is 5.91 Å². The van der Waals surface area contributed by atoms with Crippen LogP contribution in [0.2, 0.25) is 0 Å². The Balaban J connectivity index is 1.31. The minimum absolute atomic E-state index is 0.0762. The number of H-pyrrole nitrogens is 1. The van der Waals surface area contributed by atoms with E-state index in [1.54, 1.807) is 0 Å². The third-order valence-corrected chi connectivity index (χ3v) is 6.61. The molecule has 162 valence electrons. The van der Waals surface area contributed by atoms with Crippen LogP contribution in [0, 0.1) is 6.92 Å². The first-order valence-corrected chi connectivity index (χ1v) is 11.4. The van der Waals surface area contributed by atoms with E-state index in [2.05, 4.69) is 40.4 Å². The Bertz CT molecular complexity index is 1380. The van der Waals surface area contributed by atoms with Crippen LogP contribution in [0.25, 0.3) is 21.9 Å². The number of aromatic nitrogens is 2. The molecule has 0 saturated carbocycles. The van der Waals surface area contributed by atoms with E-state index in [0.717, 1.165) is 58.5 Å². The molecule has 0 spiro atoms. The predicted octanol–water partition coefficient (Wildman–Crippen LogP) is 5.61. The lowest BCUT2D eigenvalue weighted by Gasteiger charge is -2.15. The van der Waals surface area contributed by atoms with E-state index >= 15 is 0 Å². The molecule has 5 aromatic rings. The zero-order valence-corrected chi connectivity index (χ0v) is 18.8. The van der Waals surface area contributed by atoms with Crippen LogP contribution < -0.4 is 5.32 Å². The number of nitrogens with zero attached hydrogens (tertiary/aromatic N) is 2. The molecule has 0 radical (unpaired) electrons. The summed E-state index contributed by atoms with van der Waals surface area (Å²) in [6.45, 7) is 3.70. The van der Waals surface area contributed by atoms with Crippen molar-refractivity contribution in [2.24, 2.45) is 0 Å². The highest BCUT2D eigenvalue weighted by Gasteiger charge is 2.14. The van der Waals surface area contributed by atoms with Crippen molar-refractivity contribution >= 4 is 44.8 Å². The van der Waals surface area contributed by atoms with Gasteiger partial charge >= 0.3 is 0 Å². The molecular formula is C25H24N4O2S. The van der Waals surface area contributed by atoms with Gasteiger partial charge in [0.15, 0.2) is 5.58 Å². The van der Waals surface area contributed by atoms with Crippen LogP contribution in [-0.2, 0) is 13.0 Å². The first-order valence-electron chi connectivity index (χ1n) is 10.6. The third kappa shape index (κ3) is 4.04. The van der Waals surface area contributed by atoms with Crippen molar-refractivity contribution in [2.75, 3.05) is 18.9 Å². The summed E-state index contributed by atoms with van der Waals surface area (Å²) in [5.41, 5.74) is 6.08. The van der Waals surface area contributed by atoms with Crippen molar-refractivity contribution in [3.8, 4) is 0 Å². The topological polar surface area (TPSA) is 74.2 Å². The molecule has 0 bridgehead atoms. The Morgan fingerprint density at radius 2 is 2.03 bits per heavy atom. The highest BCUT2D eigenvalue weighted by Crippen LogP contribution is 2.27. The molecule has 1 amide bonds. The lowest BCUT2D eigenvalue weighted by Crippen LogP contribution is -2.21. The van der Waals surface area contributed by atoms with Gasteiger partial charge in [0.2, 0.25) is 0 Å². The molecule has 5 rings (SSSR count). The van der Waals surface area contributed by atoms with E-state index < -0.39 is 0 Å². The number of likely N-dealkylation sites (N-methyl/N-ethyl adjacent to an activating group) is 1. The highest BCUT2D eigenvalue weighted by atomic mass is 32.1. The van der Waals surface area contributed by atoms with Crippen LogP contribution in [0.4, 0.5) is 5.69 Å². The number of nitrogens with one attached hydrogen (secondary N) is 2. The summed E-state index contributed by atoms with van der Waals surface area (Å²) < 4.78 is 5.43. The summed E-state index contributed by atoms with van der Waals surface area (Å²) in [6.07, 6.45) is 0.889. The zero-order chi connectivity index (χ0) is 22.1. The van der Waals surface area contributed by atoms with Crippen molar-refractivity contribution in [3.63, 3.8) is 0 Å². The van der Waals surface area contributed by atoms with E-state index in [1.807, 2.05) is 53.9 Å². The smallest absolute Gasteiger partial charge is 0.265 e. The lowest BCUT2D eigenvalue weighted by atomic mass is 10.1. The van der Waals surface area contributed by atoms with E-state index in [4.69, 9.17) is 4.52 Å². The lowest BCUT2D eigenvalue weighted by molar-refractivity contribution is 0.103. The Morgan fingerprint density at radius 3 is 2.88 bits per heavy atom. The molecule has 0 atom stereocenters. The number of aryl methyl sites for hydroxylation is 1. The molecule has 0 aliphatic rings. The monoisotopic (exact) mass is 444 g/mol. The van der Waals surface area contributed by atoms with Gasteiger partial charge in [-0.15, -0.1) is 11.3 Å². The van der Waals surface area contributed by atoms with E-state index in [1.165, 1.54) is 16.9 Å². The van der Waals surface area contributed by atoms with Gasteiger partial charge in [0, 0.05) is 40.8 Å². The molecule has 6 nitrogen and oxygen atoms in total. The molecule has 3 aromatic heterocycles. The van der Waals surface area contributed by atoms with Gasteiger partial charge in [-0.1, -0.05) is 23.4 Å². The fourth-order valence-electron chi connectivity index (χ4n) is 4.07. The van der Waals surface area contributed by atoms with Gasteiger partial charge in [0.1, 0.15) is 5.69 Å². The molecule has 2 N–H and O–H groups in total. The SMILES string of the molecule is Cc1[nH]c2ccc(NC(=O)c3cccs3)cc2c1CCN(C)Cc1noc2ccccc12. The number of thiophene rings is 1. The van der Waals surface area contributed by atoms with Crippen molar-refractivity contribution in [1.82, 2.24) is 15.0 Å². The second-order valence-corrected chi connectivity index (χ2v) is 8.98. The average Bonchev–Trinajstić information content (AvgIpc) is 3.52. The summed E-state index contributed by atoms with van der Waals surface area (Å²) in [6, 6.07) is 17.7. The number of fused-ring (bicyclic) bond motifs is 2. The predicted molar refractivity (Wildman–Crippen MR) is 129 cm³/mol. The maximum Gasteiger partial charge on any atom is 0.265 e. The molecule has 0 saturated heterocycles. The van der Waals surface area contributed by atoms with Crippen molar-refractivity contribution in [3.05, 3.63) is 81.8 Å². The van der Waals surface area contributed by atoms with Gasteiger partial charge < -0.3 is 19.7 Å². The summed E-state index contributed by atoms with van der Waals surface area (Å²) in [5.74, 6) is -0.0762. The fourth-order valence-corrected chi connectivity index (χ4v) is 4.69. The number of aromatic amines is 1. The summed E-state index contributed by atoms with van der Waals surface area (Å²) in [5, 5.41) is 11.4. The number of hydrogen-bond donors (Lipinski definition) is 2. The number of rotatable bonds is 7. The molecule has 7 heteroatoms. The van der Waals surface area contributed by atoms with Gasteiger partial charge in [-0.2, -0.15) is 0 Å². The Labute approximate surface area is 189 Å². The number of carbonyl (C=O) groups excluding carboxylic acids is 1. The minimum Gasteiger partial charge on any atom is -0.358 e. The van der Waals surface area contributed by atoms with Crippen molar-refractivity contribution < 1.29 is 9.32 Å². The molecular weight excluding hydrogens is 420 g/mol. The van der Waals surface area contributed by atoms with Gasteiger partial charge in [0.05, 0.1) is 4.88 Å². The first kappa shape index (κ1) is 20.5. The summed E-state index contributed by atoms with van der Waals surface area (Å²) >= 11 is 1.44. The second kappa shape index (κ2) is 8.61. The third-order valence-electron chi connectivity index (χ3n) is 5.74. The number of carbonyl (C=O) groups is 1. The number of amides is 1. The Morgan fingerprint density at radius 1 is 1.16 bits per heavy atom. The van der Waals surface area contributed by atoms with Crippen LogP contribution in [0.1, 0.15) is 26.6 Å². The Kier molecular flexibility index (Phi) is 5.51. The van der Waals surface area contributed by atoms with Crippen molar-refractivity contribution in [2.45, 2.75) is 19.9 Å². The number of hydrogen-bond acceptors (Lipinski definition) is 5. The molecule has 2 aromatic carbocycles. The first-order chi connectivity index (χ1) is 15.6. The second-order valence-electron chi connectivity index (χ2n) is 8.03.